The Morgan fingerprint density at radius 2 is 1.95 bits per heavy atom. The molecule has 0 aromatic rings. The van der Waals surface area contributed by atoms with E-state index in [1.54, 1.807) is 6.08 Å². The number of carbonyl (C=O) groups is 2. The van der Waals surface area contributed by atoms with Gasteiger partial charge in [0.25, 0.3) is 0 Å². The molecule has 0 aromatic heterocycles. The third kappa shape index (κ3) is 3.30. The molecule has 0 saturated carbocycles. The maximum atomic E-state index is 12.0. The van der Waals surface area contributed by atoms with Crippen LogP contribution in [0.2, 0.25) is 0 Å². The molecule has 0 saturated heterocycles. The van der Waals surface area contributed by atoms with Crippen molar-refractivity contribution in [2.75, 3.05) is 6.61 Å². The predicted molar refractivity (Wildman–Crippen MR) is 99.5 cm³/mol. The molecule has 1 rings (SSSR count). The quantitative estimate of drug-likeness (QED) is 0.265. The highest BCUT2D eigenvalue weighted by atomic mass is 127. The fourth-order valence-electron chi connectivity index (χ4n) is 2.03. The number of alkyl halides is 1. The summed E-state index contributed by atoms with van der Waals surface area (Å²) in [5.74, 6) is -1.29. The Morgan fingerprint density at radius 1 is 1.40 bits per heavy atom. The molecule has 3 unspecified atom stereocenters. The Labute approximate surface area is 156 Å². The highest BCUT2D eigenvalue weighted by Crippen LogP contribution is 2.51. The molecule has 3 atom stereocenters. The van der Waals surface area contributed by atoms with Crippen molar-refractivity contribution in [3.63, 3.8) is 0 Å². The summed E-state index contributed by atoms with van der Waals surface area (Å²) in [7, 11) is 0. The van der Waals surface area contributed by atoms with Gasteiger partial charge < -0.3 is 21.7 Å². The maximum Gasteiger partial charge on any atom is 0.246 e. The van der Waals surface area contributed by atoms with Gasteiger partial charge in [0, 0.05) is 12.7 Å². The van der Waals surface area contributed by atoms with E-state index in [0.717, 1.165) is 0 Å². The number of carbonyl (C=O) groups excluding carboxylic acids is 2. The summed E-state index contributed by atoms with van der Waals surface area (Å²) in [5.41, 5.74) is 9.96. The lowest BCUT2D eigenvalue weighted by atomic mass is 9.73. The van der Waals surface area contributed by atoms with E-state index in [4.69, 9.17) is 16.6 Å². The Bertz CT molecular complexity index is 506. The molecule has 2 amide bonds. The van der Waals surface area contributed by atoms with Crippen molar-refractivity contribution in [1.82, 2.24) is 0 Å². The molecule has 20 heavy (non-hydrogen) atoms. The molecule has 6 N–H and O–H groups in total. The molecular formula is C11H13I3N2O4. The van der Waals surface area contributed by atoms with Crippen LogP contribution in [0.3, 0.4) is 0 Å². The highest BCUT2D eigenvalue weighted by Gasteiger charge is 2.51. The molecule has 0 bridgehead atoms. The summed E-state index contributed by atoms with van der Waals surface area (Å²) < 4.78 is 0.665. The molecule has 1 aliphatic rings. The van der Waals surface area contributed by atoms with Crippen molar-refractivity contribution in [3.8, 4) is 0 Å². The minimum absolute atomic E-state index is 0.0675. The summed E-state index contributed by atoms with van der Waals surface area (Å²) in [5, 5.41) is 18.8. The number of allylic oxidation sites excluding steroid dienone is 2. The fourth-order valence-corrected chi connectivity index (χ4v) is 7.35. The van der Waals surface area contributed by atoms with Gasteiger partial charge in [-0.15, -0.1) is 0 Å². The van der Waals surface area contributed by atoms with E-state index in [1.807, 2.05) is 67.8 Å². The van der Waals surface area contributed by atoms with E-state index in [2.05, 4.69) is 0 Å². The average molecular weight is 618 g/mol. The second kappa shape index (κ2) is 7.19. The zero-order valence-corrected chi connectivity index (χ0v) is 16.6. The monoisotopic (exact) mass is 618 g/mol. The second-order valence-electron chi connectivity index (χ2n) is 4.36. The zero-order valence-electron chi connectivity index (χ0n) is 10.1. The van der Waals surface area contributed by atoms with Gasteiger partial charge in [-0.2, -0.15) is 0 Å². The van der Waals surface area contributed by atoms with Gasteiger partial charge >= 0.3 is 0 Å². The molecular weight excluding hydrogens is 605 g/mol. The summed E-state index contributed by atoms with van der Waals surface area (Å²) in [6.07, 6.45) is 0.482. The minimum atomic E-state index is -1.25. The first kappa shape index (κ1) is 18.6. The van der Waals surface area contributed by atoms with Crippen LogP contribution in [0, 0.1) is 5.41 Å². The Hall–Kier alpha value is 0.530. The number of halogens is 3. The number of nitrogens with two attached hydrogens (primary N) is 2. The first-order chi connectivity index (χ1) is 9.18. The van der Waals surface area contributed by atoms with Crippen LogP contribution in [0.1, 0.15) is 6.42 Å². The molecule has 6 nitrogen and oxygen atoms in total. The summed E-state index contributed by atoms with van der Waals surface area (Å²) in [6, 6.07) is 0. The van der Waals surface area contributed by atoms with Crippen molar-refractivity contribution in [3.05, 3.63) is 18.8 Å². The lowest BCUT2D eigenvalue weighted by Gasteiger charge is -2.39. The number of primary amides is 2. The largest absolute Gasteiger partial charge is 0.394 e. The van der Waals surface area contributed by atoms with Crippen LogP contribution in [0.4, 0.5) is 0 Å². The van der Waals surface area contributed by atoms with Crippen LogP contribution in [0.25, 0.3) is 0 Å². The van der Waals surface area contributed by atoms with Crippen molar-refractivity contribution in [2.24, 2.45) is 16.9 Å². The van der Waals surface area contributed by atoms with Crippen molar-refractivity contribution >= 4 is 79.6 Å². The summed E-state index contributed by atoms with van der Waals surface area (Å²) in [4.78, 5) is 23.6. The number of aliphatic hydroxyl groups excluding tert-OH is 2. The van der Waals surface area contributed by atoms with E-state index in [0.29, 0.717) is 12.7 Å². The smallest absolute Gasteiger partial charge is 0.246 e. The number of hydrogen-bond acceptors (Lipinski definition) is 4. The molecule has 112 valence electrons. The van der Waals surface area contributed by atoms with Gasteiger partial charge in [-0.05, 0) is 57.7 Å². The third-order valence-electron chi connectivity index (χ3n) is 3.10. The Morgan fingerprint density at radius 3 is 2.35 bits per heavy atom. The lowest BCUT2D eigenvalue weighted by molar-refractivity contribution is -0.126. The van der Waals surface area contributed by atoms with Crippen LogP contribution < -0.4 is 11.5 Å². The first-order valence-corrected chi connectivity index (χ1v) is 8.88. The Kier molecular flexibility index (Phi) is 6.68. The average Bonchev–Trinajstić information content (AvgIpc) is 2.32. The number of rotatable bonds is 5. The van der Waals surface area contributed by atoms with Crippen LogP contribution >= 0.6 is 67.8 Å². The van der Waals surface area contributed by atoms with Crippen molar-refractivity contribution in [1.29, 1.82) is 0 Å². The van der Waals surface area contributed by atoms with E-state index in [1.165, 1.54) is 0 Å². The van der Waals surface area contributed by atoms with E-state index < -0.39 is 33.9 Å². The molecule has 0 fully saturated rings. The summed E-state index contributed by atoms with van der Waals surface area (Å²) in [6.45, 7) is -0.491. The normalized spacial score (nSPS) is 28.1. The molecule has 0 aromatic carbocycles. The van der Waals surface area contributed by atoms with Gasteiger partial charge in [0.05, 0.1) is 22.1 Å². The molecule has 1 aliphatic carbocycles. The topological polar surface area (TPSA) is 127 Å². The highest BCUT2D eigenvalue weighted by molar-refractivity contribution is 14.1. The lowest BCUT2D eigenvalue weighted by Crippen LogP contribution is -2.50. The van der Waals surface area contributed by atoms with Crippen molar-refractivity contribution in [2.45, 2.75) is 16.4 Å². The fraction of sp³-hybridized carbons (Fsp3) is 0.455. The standard InChI is InChI=1S/C11H13I3N2O4/c12-5-1-6(13)11(10(16)20,2-4(18)3-17)8(14)7(5)9(15)19/h1,4,8,17-18H,2-3H2,(H2,15,19)(H2,16,20). The molecule has 0 spiro atoms. The second-order valence-corrected chi connectivity index (χ2v) is 7.93. The van der Waals surface area contributed by atoms with Gasteiger partial charge in [0.15, 0.2) is 0 Å². The van der Waals surface area contributed by atoms with E-state index in [9.17, 15) is 14.7 Å². The van der Waals surface area contributed by atoms with Crippen LogP contribution in [-0.4, -0.2) is 38.7 Å². The SMILES string of the molecule is NC(=O)C1=C(I)C=C(I)C(CC(O)CO)(C(N)=O)C1I. The van der Waals surface area contributed by atoms with Crippen LogP contribution in [0.15, 0.2) is 18.8 Å². The zero-order chi connectivity index (χ0) is 15.7. The predicted octanol–water partition coefficient (Wildman–Crippen LogP) is 0.512. The number of aliphatic hydroxyl groups is 2. The minimum Gasteiger partial charge on any atom is -0.394 e. The number of hydrogen-bond donors (Lipinski definition) is 4. The van der Waals surface area contributed by atoms with Crippen LogP contribution in [-0.2, 0) is 9.59 Å². The van der Waals surface area contributed by atoms with E-state index >= 15 is 0 Å². The van der Waals surface area contributed by atoms with Gasteiger partial charge in [0.2, 0.25) is 11.8 Å². The van der Waals surface area contributed by atoms with Crippen LogP contribution in [0.5, 0.6) is 0 Å². The molecule has 0 heterocycles. The number of amides is 2. The summed E-state index contributed by atoms with van der Waals surface area (Å²) >= 11 is 5.89. The van der Waals surface area contributed by atoms with Gasteiger partial charge in [-0.25, -0.2) is 0 Å². The van der Waals surface area contributed by atoms with Gasteiger partial charge in [-0.1, -0.05) is 22.6 Å². The molecule has 9 heteroatoms. The first-order valence-electron chi connectivity index (χ1n) is 5.48. The van der Waals surface area contributed by atoms with E-state index in [-0.39, 0.29) is 6.42 Å². The van der Waals surface area contributed by atoms with Gasteiger partial charge in [0.1, 0.15) is 0 Å². The molecule has 0 radical (unpaired) electrons. The maximum absolute atomic E-state index is 12.0. The van der Waals surface area contributed by atoms with Crippen molar-refractivity contribution < 1.29 is 19.8 Å². The Balaban J connectivity index is 3.43. The third-order valence-corrected chi connectivity index (χ3v) is 6.95. The molecule has 0 aliphatic heterocycles. The van der Waals surface area contributed by atoms with Gasteiger partial charge in [-0.3, -0.25) is 9.59 Å².